The van der Waals surface area contributed by atoms with Gasteiger partial charge in [-0.1, -0.05) is 29.8 Å². The molecular formula is C11H9ClFNO. The number of carbonyl (C=O) groups is 1. The van der Waals surface area contributed by atoms with Crippen molar-refractivity contribution in [3.05, 3.63) is 35.0 Å². The van der Waals surface area contributed by atoms with Crippen LogP contribution in [0.4, 0.5) is 4.39 Å². The Morgan fingerprint density at radius 3 is 2.80 bits per heavy atom. The van der Waals surface area contributed by atoms with Gasteiger partial charge in [-0.2, -0.15) is 0 Å². The van der Waals surface area contributed by atoms with E-state index >= 15 is 0 Å². The van der Waals surface area contributed by atoms with Gasteiger partial charge in [0.1, 0.15) is 12.4 Å². The van der Waals surface area contributed by atoms with Gasteiger partial charge in [0.05, 0.1) is 17.1 Å². The van der Waals surface area contributed by atoms with Crippen molar-refractivity contribution in [2.75, 3.05) is 6.67 Å². The van der Waals surface area contributed by atoms with Gasteiger partial charge in [-0.25, -0.2) is 4.39 Å². The normalized spacial score (nSPS) is 10.8. The van der Waals surface area contributed by atoms with E-state index in [0.717, 1.165) is 10.9 Å². The Morgan fingerprint density at radius 1 is 1.40 bits per heavy atom. The number of halogens is 2. The molecule has 0 saturated heterocycles. The number of aryl methyl sites for hydroxylation is 1. The standard InChI is InChI=1S/C11H9ClFNO/c12-11-8-3-1-2-4-9(8)14(6-5-13)10(11)7-15/h1-4,7H,5-6H2. The van der Waals surface area contributed by atoms with Gasteiger partial charge in [-0.3, -0.25) is 4.79 Å². The fraction of sp³-hybridized carbons (Fsp3) is 0.182. The van der Waals surface area contributed by atoms with Gasteiger partial charge in [0, 0.05) is 5.39 Å². The predicted octanol–water partition coefficient (Wildman–Crippen LogP) is 3.08. The van der Waals surface area contributed by atoms with Crippen molar-refractivity contribution >= 4 is 28.8 Å². The van der Waals surface area contributed by atoms with Gasteiger partial charge >= 0.3 is 0 Å². The van der Waals surface area contributed by atoms with Crippen LogP contribution in [0.1, 0.15) is 10.5 Å². The second kappa shape index (κ2) is 4.03. The van der Waals surface area contributed by atoms with E-state index in [4.69, 9.17) is 11.6 Å². The summed E-state index contributed by atoms with van der Waals surface area (Å²) in [5.41, 5.74) is 1.14. The quantitative estimate of drug-likeness (QED) is 0.736. The first kappa shape index (κ1) is 10.2. The first-order valence-electron chi connectivity index (χ1n) is 4.57. The minimum atomic E-state index is -0.518. The number of hydrogen-bond donors (Lipinski definition) is 0. The topological polar surface area (TPSA) is 22.0 Å². The molecule has 1 heterocycles. The SMILES string of the molecule is O=Cc1c(Cl)c2ccccc2n1CCF. The van der Waals surface area contributed by atoms with Crippen LogP contribution in [0.2, 0.25) is 5.02 Å². The highest BCUT2D eigenvalue weighted by molar-refractivity contribution is 6.38. The van der Waals surface area contributed by atoms with Crippen LogP contribution in [0.15, 0.2) is 24.3 Å². The highest BCUT2D eigenvalue weighted by Crippen LogP contribution is 2.29. The number of para-hydroxylation sites is 1. The summed E-state index contributed by atoms with van der Waals surface area (Å²) in [5, 5.41) is 1.18. The van der Waals surface area contributed by atoms with Crippen LogP contribution in [-0.4, -0.2) is 17.5 Å². The van der Waals surface area contributed by atoms with E-state index in [1.54, 1.807) is 4.57 Å². The highest BCUT2D eigenvalue weighted by Gasteiger charge is 2.13. The van der Waals surface area contributed by atoms with Gasteiger partial charge in [-0.15, -0.1) is 0 Å². The Morgan fingerprint density at radius 2 is 2.13 bits per heavy atom. The molecule has 0 amide bonds. The largest absolute Gasteiger partial charge is 0.334 e. The number of carbonyl (C=O) groups excluding carboxylic acids is 1. The molecule has 0 aliphatic heterocycles. The molecule has 0 fully saturated rings. The maximum atomic E-state index is 12.4. The van der Waals surface area contributed by atoms with Crippen LogP contribution in [0.3, 0.4) is 0 Å². The lowest BCUT2D eigenvalue weighted by atomic mass is 10.2. The maximum absolute atomic E-state index is 12.4. The molecule has 0 atom stereocenters. The van der Waals surface area contributed by atoms with E-state index < -0.39 is 6.67 Å². The number of hydrogen-bond acceptors (Lipinski definition) is 1. The van der Waals surface area contributed by atoms with Crippen LogP contribution in [0.5, 0.6) is 0 Å². The van der Waals surface area contributed by atoms with Crippen molar-refractivity contribution in [1.29, 1.82) is 0 Å². The molecule has 0 aliphatic rings. The Balaban J connectivity index is 2.78. The second-order valence-electron chi connectivity index (χ2n) is 3.17. The molecule has 2 nitrogen and oxygen atoms in total. The van der Waals surface area contributed by atoms with Crippen LogP contribution in [0, 0.1) is 0 Å². The zero-order valence-electron chi connectivity index (χ0n) is 7.91. The molecule has 2 aromatic rings. The van der Waals surface area contributed by atoms with Crippen LogP contribution in [0.25, 0.3) is 10.9 Å². The number of benzene rings is 1. The molecule has 0 aliphatic carbocycles. The van der Waals surface area contributed by atoms with Crippen molar-refractivity contribution < 1.29 is 9.18 Å². The maximum Gasteiger partial charge on any atom is 0.168 e. The van der Waals surface area contributed by atoms with Gasteiger partial charge in [-0.05, 0) is 6.07 Å². The molecule has 0 spiro atoms. The lowest BCUT2D eigenvalue weighted by Gasteiger charge is -2.03. The van der Waals surface area contributed by atoms with E-state index in [0.29, 0.717) is 17.0 Å². The van der Waals surface area contributed by atoms with Crippen molar-refractivity contribution in [2.45, 2.75) is 6.54 Å². The molecule has 4 heteroatoms. The van der Waals surface area contributed by atoms with Gasteiger partial charge in [0.2, 0.25) is 0 Å². The average Bonchev–Trinajstić information content (AvgIpc) is 2.54. The Hall–Kier alpha value is -1.35. The third kappa shape index (κ3) is 1.53. The van der Waals surface area contributed by atoms with Gasteiger partial charge < -0.3 is 4.57 Å². The summed E-state index contributed by atoms with van der Waals surface area (Å²) in [6.07, 6.45) is 0.665. The smallest absolute Gasteiger partial charge is 0.168 e. The van der Waals surface area contributed by atoms with E-state index in [2.05, 4.69) is 0 Å². The molecule has 0 unspecified atom stereocenters. The van der Waals surface area contributed by atoms with Crippen molar-refractivity contribution in [3.63, 3.8) is 0 Å². The molecule has 0 radical (unpaired) electrons. The summed E-state index contributed by atoms with van der Waals surface area (Å²) in [6.45, 7) is -0.364. The molecule has 0 saturated carbocycles. The van der Waals surface area contributed by atoms with Crippen LogP contribution < -0.4 is 0 Å². The third-order valence-electron chi connectivity index (χ3n) is 2.37. The number of aromatic nitrogens is 1. The molecule has 0 bridgehead atoms. The second-order valence-corrected chi connectivity index (χ2v) is 3.55. The number of fused-ring (bicyclic) bond motifs is 1. The summed E-state index contributed by atoms with van der Waals surface area (Å²) < 4.78 is 14.0. The number of nitrogens with zero attached hydrogens (tertiary/aromatic N) is 1. The van der Waals surface area contributed by atoms with E-state index in [9.17, 15) is 9.18 Å². The number of aldehydes is 1. The number of alkyl halides is 1. The van der Waals surface area contributed by atoms with Crippen molar-refractivity contribution in [1.82, 2.24) is 4.57 Å². The molecule has 1 aromatic carbocycles. The highest BCUT2D eigenvalue weighted by atomic mass is 35.5. The van der Waals surface area contributed by atoms with Gasteiger partial charge in [0.15, 0.2) is 6.29 Å². The average molecular weight is 226 g/mol. The predicted molar refractivity (Wildman–Crippen MR) is 58.3 cm³/mol. The Labute approximate surface area is 91.3 Å². The lowest BCUT2D eigenvalue weighted by molar-refractivity contribution is 0.111. The van der Waals surface area contributed by atoms with Crippen LogP contribution in [-0.2, 0) is 6.54 Å². The summed E-state index contributed by atoms with van der Waals surface area (Å²) in [4.78, 5) is 10.9. The molecule has 78 valence electrons. The fourth-order valence-electron chi connectivity index (χ4n) is 1.72. The first-order valence-corrected chi connectivity index (χ1v) is 4.95. The molecule has 2 rings (SSSR count). The molecular weight excluding hydrogens is 217 g/mol. The van der Waals surface area contributed by atoms with E-state index in [-0.39, 0.29) is 6.54 Å². The molecule has 1 aromatic heterocycles. The zero-order valence-corrected chi connectivity index (χ0v) is 8.67. The van der Waals surface area contributed by atoms with E-state index in [1.807, 2.05) is 24.3 Å². The monoisotopic (exact) mass is 225 g/mol. The third-order valence-corrected chi connectivity index (χ3v) is 2.76. The van der Waals surface area contributed by atoms with Crippen molar-refractivity contribution in [3.8, 4) is 0 Å². The summed E-state index contributed by atoms with van der Waals surface area (Å²) in [6, 6.07) is 7.31. The van der Waals surface area contributed by atoms with Crippen LogP contribution >= 0.6 is 11.6 Å². The zero-order chi connectivity index (χ0) is 10.8. The van der Waals surface area contributed by atoms with E-state index in [1.165, 1.54) is 0 Å². The summed E-state index contributed by atoms with van der Waals surface area (Å²) in [7, 11) is 0. The summed E-state index contributed by atoms with van der Waals surface area (Å²) >= 11 is 6.02. The Kier molecular flexibility index (Phi) is 2.73. The summed E-state index contributed by atoms with van der Waals surface area (Å²) in [5.74, 6) is 0. The lowest BCUT2D eigenvalue weighted by Crippen LogP contribution is -2.03. The van der Waals surface area contributed by atoms with Crippen molar-refractivity contribution in [2.24, 2.45) is 0 Å². The minimum absolute atomic E-state index is 0.154. The molecule has 15 heavy (non-hydrogen) atoms. The Bertz CT molecular complexity index is 507. The fourth-order valence-corrected chi connectivity index (χ4v) is 2.03. The molecule has 0 N–H and O–H groups in total. The minimum Gasteiger partial charge on any atom is -0.334 e. The first-order chi connectivity index (χ1) is 7.29. The number of rotatable bonds is 3. The van der Waals surface area contributed by atoms with Gasteiger partial charge in [0.25, 0.3) is 0 Å².